The predicted octanol–water partition coefficient (Wildman–Crippen LogP) is 1.45. The first-order valence-electron chi connectivity index (χ1n) is 8.60. The van der Waals surface area contributed by atoms with E-state index in [1.165, 1.54) is 11.7 Å². The first kappa shape index (κ1) is 21.0. The monoisotopic (exact) mass is 393 g/mol. The minimum atomic E-state index is -0.363. The van der Waals surface area contributed by atoms with Crippen LogP contribution in [-0.4, -0.2) is 54.3 Å². The van der Waals surface area contributed by atoms with E-state index < -0.39 is 0 Å². The van der Waals surface area contributed by atoms with Gasteiger partial charge in [0.1, 0.15) is 0 Å². The average molecular weight is 394 g/mol. The lowest BCUT2D eigenvalue weighted by molar-refractivity contribution is -0.126. The summed E-state index contributed by atoms with van der Waals surface area (Å²) in [5, 5.41) is 14.2. The highest BCUT2D eigenvalue weighted by atomic mass is 35.5. The molecule has 1 aliphatic rings. The number of benzene rings is 1. The summed E-state index contributed by atoms with van der Waals surface area (Å²) in [5.41, 5.74) is 1.24. The standard InChI is InChI=1S/C17H20ClN3O2.C2H4O2/c18-15-3-1-2-13(10-15)11-21-7-4-14(16(22)17(21)23)12-20-8-5-19-6-9-20;1-4-2-3/h1-4,7,10,19,22H,5-6,8-9,11-12H2;2H,1H3. The van der Waals surface area contributed by atoms with Crippen molar-refractivity contribution in [3.05, 3.63) is 63.0 Å². The Balaban J connectivity index is 0.000000596. The van der Waals surface area contributed by atoms with Crippen molar-refractivity contribution in [1.82, 2.24) is 14.8 Å². The molecule has 1 aromatic carbocycles. The van der Waals surface area contributed by atoms with Gasteiger partial charge < -0.3 is 19.7 Å². The van der Waals surface area contributed by atoms with Gasteiger partial charge in [-0.25, -0.2) is 0 Å². The first-order valence-corrected chi connectivity index (χ1v) is 8.98. The van der Waals surface area contributed by atoms with Gasteiger partial charge in [-0.3, -0.25) is 14.5 Å². The number of pyridine rings is 1. The Hall–Kier alpha value is -2.35. The highest BCUT2D eigenvalue weighted by molar-refractivity contribution is 6.30. The summed E-state index contributed by atoms with van der Waals surface area (Å²) in [6.45, 7) is 5.08. The predicted molar refractivity (Wildman–Crippen MR) is 104 cm³/mol. The van der Waals surface area contributed by atoms with Crippen LogP contribution in [0.1, 0.15) is 11.1 Å². The molecule has 0 aliphatic carbocycles. The van der Waals surface area contributed by atoms with Crippen LogP contribution in [0.2, 0.25) is 5.02 Å². The number of nitrogens with one attached hydrogen (secondary N) is 1. The third kappa shape index (κ3) is 6.39. The van der Waals surface area contributed by atoms with Crippen molar-refractivity contribution >= 4 is 18.1 Å². The van der Waals surface area contributed by atoms with Crippen LogP contribution in [0.15, 0.2) is 41.3 Å². The number of rotatable bonds is 5. The minimum Gasteiger partial charge on any atom is -0.503 e. The van der Waals surface area contributed by atoms with Crippen molar-refractivity contribution in [3.63, 3.8) is 0 Å². The fourth-order valence-electron chi connectivity index (χ4n) is 2.79. The van der Waals surface area contributed by atoms with Crippen LogP contribution in [-0.2, 0) is 22.6 Å². The summed E-state index contributed by atoms with van der Waals surface area (Å²) in [6.07, 6.45) is 1.74. The lowest BCUT2D eigenvalue weighted by Gasteiger charge is -2.27. The quantitative estimate of drug-likeness (QED) is 0.748. The Labute approximate surface area is 163 Å². The molecular weight excluding hydrogens is 370 g/mol. The summed E-state index contributed by atoms with van der Waals surface area (Å²) >= 11 is 5.97. The molecule has 27 heavy (non-hydrogen) atoms. The zero-order chi connectivity index (χ0) is 19.6. The molecule has 0 atom stereocenters. The van der Waals surface area contributed by atoms with E-state index >= 15 is 0 Å². The molecule has 0 spiro atoms. The largest absolute Gasteiger partial charge is 0.503 e. The number of aromatic nitrogens is 1. The molecule has 0 amide bonds. The van der Waals surface area contributed by atoms with E-state index in [4.69, 9.17) is 16.4 Å². The molecule has 1 fully saturated rings. The van der Waals surface area contributed by atoms with Gasteiger partial charge in [0.05, 0.1) is 13.7 Å². The molecule has 0 unspecified atom stereocenters. The smallest absolute Gasteiger partial charge is 0.293 e. The third-order valence-corrected chi connectivity index (χ3v) is 4.40. The lowest BCUT2D eigenvalue weighted by Crippen LogP contribution is -2.43. The number of piperazine rings is 1. The molecule has 1 aliphatic heterocycles. The van der Waals surface area contributed by atoms with Crippen molar-refractivity contribution in [2.75, 3.05) is 33.3 Å². The molecule has 2 N–H and O–H groups in total. The molecule has 2 aromatic rings. The van der Waals surface area contributed by atoms with Gasteiger partial charge in [0.2, 0.25) is 0 Å². The van der Waals surface area contributed by atoms with Gasteiger partial charge in [0.15, 0.2) is 5.75 Å². The van der Waals surface area contributed by atoms with Crippen molar-refractivity contribution in [2.24, 2.45) is 0 Å². The normalized spacial score (nSPS) is 14.1. The van der Waals surface area contributed by atoms with E-state index in [1.54, 1.807) is 12.3 Å². The fraction of sp³-hybridized carbons (Fsp3) is 0.368. The molecule has 2 heterocycles. The summed E-state index contributed by atoms with van der Waals surface area (Å²) < 4.78 is 5.36. The zero-order valence-corrected chi connectivity index (χ0v) is 16.0. The van der Waals surface area contributed by atoms with Gasteiger partial charge >= 0.3 is 0 Å². The third-order valence-electron chi connectivity index (χ3n) is 4.17. The molecule has 8 heteroatoms. The number of methoxy groups -OCH3 is 1. The van der Waals surface area contributed by atoms with Crippen LogP contribution >= 0.6 is 11.6 Å². The Bertz CT molecular complexity index is 804. The Morgan fingerprint density at radius 3 is 2.59 bits per heavy atom. The number of carbonyl (C=O) groups is 1. The molecule has 0 bridgehead atoms. The van der Waals surface area contributed by atoms with Gasteiger partial charge in [-0.05, 0) is 23.8 Å². The van der Waals surface area contributed by atoms with Crippen LogP contribution in [0.25, 0.3) is 0 Å². The molecule has 1 aromatic heterocycles. The van der Waals surface area contributed by atoms with Gasteiger partial charge in [0.25, 0.3) is 12.0 Å². The van der Waals surface area contributed by atoms with Gasteiger partial charge in [-0.15, -0.1) is 0 Å². The highest BCUT2D eigenvalue weighted by Crippen LogP contribution is 2.16. The zero-order valence-electron chi connectivity index (χ0n) is 15.2. The molecule has 0 radical (unpaired) electrons. The summed E-state index contributed by atoms with van der Waals surface area (Å²) in [5.74, 6) is -0.159. The van der Waals surface area contributed by atoms with Crippen LogP contribution in [0.5, 0.6) is 5.75 Å². The van der Waals surface area contributed by atoms with Crippen molar-refractivity contribution in [2.45, 2.75) is 13.1 Å². The number of ether oxygens (including phenoxy) is 1. The molecule has 7 nitrogen and oxygen atoms in total. The number of hydrogen-bond donors (Lipinski definition) is 2. The Kier molecular flexibility index (Phi) is 8.32. The molecule has 0 saturated carbocycles. The van der Waals surface area contributed by atoms with E-state index in [0.717, 1.165) is 31.7 Å². The van der Waals surface area contributed by atoms with Crippen molar-refractivity contribution in [1.29, 1.82) is 0 Å². The van der Waals surface area contributed by atoms with E-state index in [-0.39, 0.29) is 11.3 Å². The number of nitrogens with zero attached hydrogens (tertiary/aromatic N) is 2. The summed E-state index contributed by atoms with van der Waals surface area (Å²) in [7, 11) is 1.31. The lowest BCUT2D eigenvalue weighted by atomic mass is 10.2. The van der Waals surface area contributed by atoms with Crippen LogP contribution in [0.3, 0.4) is 0 Å². The van der Waals surface area contributed by atoms with E-state index in [0.29, 0.717) is 30.1 Å². The van der Waals surface area contributed by atoms with Crippen molar-refractivity contribution in [3.8, 4) is 5.75 Å². The number of aromatic hydroxyl groups is 1. The second kappa shape index (κ2) is 10.7. The van der Waals surface area contributed by atoms with Gasteiger partial charge in [-0.1, -0.05) is 23.7 Å². The van der Waals surface area contributed by atoms with Gasteiger partial charge in [-0.2, -0.15) is 0 Å². The Morgan fingerprint density at radius 2 is 1.96 bits per heavy atom. The Morgan fingerprint density at radius 1 is 1.26 bits per heavy atom. The maximum atomic E-state index is 12.4. The first-order chi connectivity index (χ1) is 13.0. The second-order valence-electron chi connectivity index (χ2n) is 6.11. The minimum absolute atomic E-state index is 0.159. The molecule has 146 valence electrons. The number of halogens is 1. The summed E-state index contributed by atoms with van der Waals surface area (Å²) in [4.78, 5) is 23.5. The van der Waals surface area contributed by atoms with E-state index in [9.17, 15) is 9.90 Å². The second-order valence-corrected chi connectivity index (χ2v) is 6.55. The maximum absolute atomic E-state index is 12.4. The fourth-order valence-corrected chi connectivity index (χ4v) is 3.01. The van der Waals surface area contributed by atoms with E-state index in [1.807, 2.05) is 24.3 Å². The molecule has 3 rings (SSSR count). The van der Waals surface area contributed by atoms with Crippen LogP contribution < -0.4 is 10.9 Å². The molecular formula is C19H24ClN3O4. The van der Waals surface area contributed by atoms with Gasteiger partial charge in [0, 0.05) is 49.5 Å². The highest BCUT2D eigenvalue weighted by Gasteiger charge is 2.15. The maximum Gasteiger partial charge on any atom is 0.293 e. The number of hydrogen-bond acceptors (Lipinski definition) is 6. The SMILES string of the molecule is COC=O.O=c1c(O)c(CN2CCNCC2)ccn1Cc1cccc(Cl)c1. The van der Waals surface area contributed by atoms with Crippen molar-refractivity contribution < 1.29 is 14.6 Å². The average Bonchev–Trinajstić information content (AvgIpc) is 2.69. The molecule has 1 saturated heterocycles. The number of carbonyl (C=O) groups excluding carboxylic acids is 1. The van der Waals surface area contributed by atoms with Crippen LogP contribution in [0.4, 0.5) is 0 Å². The van der Waals surface area contributed by atoms with E-state index in [2.05, 4.69) is 15.0 Å². The topological polar surface area (TPSA) is 83.8 Å². The van der Waals surface area contributed by atoms with Crippen LogP contribution in [0, 0.1) is 0 Å². The summed E-state index contributed by atoms with van der Waals surface area (Å²) in [6, 6.07) is 9.19.